The summed E-state index contributed by atoms with van der Waals surface area (Å²) in [6, 6.07) is 15.5. The summed E-state index contributed by atoms with van der Waals surface area (Å²) in [4.78, 5) is 4.50. The van der Waals surface area contributed by atoms with Crippen LogP contribution in [0.2, 0.25) is 0 Å². The molecule has 0 amide bonds. The molecular formula is C15H14N2O. The summed E-state index contributed by atoms with van der Waals surface area (Å²) >= 11 is 0. The van der Waals surface area contributed by atoms with Gasteiger partial charge in [-0.15, -0.1) is 0 Å². The Hall–Kier alpha value is -2.29. The monoisotopic (exact) mass is 238 g/mol. The number of imidazole rings is 1. The molecule has 0 spiro atoms. The minimum absolute atomic E-state index is 0.275. The SMILES string of the molecule is Cc1nc2ccc(O)cc2n1Cc1ccccc1. The molecule has 0 unspecified atom stereocenters. The molecule has 1 heterocycles. The number of phenols is 1. The van der Waals surface area contributed by atoms with Gasteiger partial charge in [0, 0.05) is 12.6 Å². The lowest BCUT2D eigenvalue weighted by Gasteiger charge is -2.07. The van der Waals surface area contributed by atoms with Crippen molar-refractivity contribution in [3.8, 4) is 5.75 Å². The van der Waals surface area contributed by atoms with E-state index in [-0.39, 0.29) is 5.75 Å². The third-order valence-corrected chi connectivity index (χ3v) is 3.11. The number of rotatable bonds is 2. The number of hydrogen-bond donors (Lipinski definition) is 1. The largest absolute Gasteiger partial charge is 0.508 e. The van der Waals surface area contributed by atoms with Crippen molar-refractivity contribution < 1.29 is 5.11 Å². The van der Waals surface area contributed by atoms with E-state index in [4.69, 9.17) is 0 Å². The molecule has 1 aromatic heterocycles. The second-order valence-corrected chi connectivity index (χ2v) is 4.40. The topological polar surface area (TPSA) is 38.1 Å². The van der Waals surface area contributed by atoms with Crippen LogP contribution in [-0.2, 0) is 6.54 Å². The van der Waals surface area contributed by atoms with Crippen LogP contribution < -0.4 is 0 Å². The summed E-state index contributed by atoms with van der Waals surface area (Å²) in [6.07, 6.45) is 0. The number of aromatic hydroxyl groups is 1. The number of aromatic nitrogens is 2. The minimum atomic E-state index is 0.275. The Balaban J connectivity index is 2.11. The van der Waals surface area contributed by atoms with E-state index in [0.29, 0.717) is 0 Å². The lowest BCUT2D eigenvalue weighted by atomic mass is 10.2. The van der Waals surface area contributed by atoms with Crippen LogP contribution >= 0.6 is 0 Å². The van der Waals surface area contributed by atoms with Gasteiger partial charge in [-0.05, 0) is 24.6 Å². The molecule has 0 aliphatic rings. The lowest BCUT2D eigenvalue weighted by molar-refractivity contribution is 0.476. The van der Waals surface area contributed by atoms with Gasteiger partial charge >= 0.3 is 0 Å². The van der Waals surface area contributed by atoms with Crippen LogP contribution in [0.4, 0.5) is 0 Å². The summed E-state index contributed by atoms with van der Waals surface area (Å²) < 4.78 is 2.12. The summed E-state index contributed by atoms with van der Waals surface area (Å²) in [6.45, 7) is 2.76. The normalized spacial score (nSPS) is 10.9. The van der Waals surface area contributed by atoms with Gasteiger partial charge < -0.3 is 9.67 Å². The molecule has 0 saturated heterocycles. The average Bonchev–Trinajstić information content (AvgIpc) is 2.67. The second-order valence-electron chi connectivity index (χ2n) is 4.40. The van der Waals surface area contributed by atoms with Gasteiger partial charge in [0.05, 0.1) is 11.0 Å². The van der Waals surface area contributed by atoms with Crippen molar-refractivity contribution in [3.05, 3.63) is 59.9 Å². The summed E-state index contributed by atoms with van der Waals surface area (Å²) in [5.74, 6) is 1.23. The molecule has 2 aromatic carbocycles. The molecule has 0 fully saturated rings. The summed E-state index contributed by atoms with van der Waals surface area (Å²) in [5.41, 5.74) is 3.11. The molecule has 0 radical (unpaired) electrons. The van der Waals surface area contributed by atoms with Crippen LogP contribution in [-0.4, -0.2) is 14.7 Å². The predicted molar refractivity (Wildman–Crippen MR) is 71.7 cm³/mol. The van der Waals surface area contributed by atoms with Crippen LogP contribution in [0.5, 0.6) is 5.75 Å². The number of fused-ring (bicyclic) bond motifs is 1. The van der Waals surface area contributed by atoms with Crippen molar-refractivity contribution in [2.45, 2.75) is 13.5 Å². The molecule has 90 valence electrons. The van der Waals surface area contributed by atoms with Crippen LogP contribution in [0, 0.1) is 6.92 Å². The highest BCUT2D eigenvalue weighted by atomic mass is 16.3. The van der Waals surface area contributed by atoms with Gasteiger partial charge in [-0.1, -0.05) is 30.3 Å². The highest BCUT2D eigenvalue weighted by Gasteiger charge is 2.08. The Morgan fingerprint density at radius 1 is 1.11 bits per heavy atom. The quantitative estimate of drug-likeness (QED) is 0.745. The van der Waals surface area contributed by atoms with E-state index in [9.17, 15) is 5.11 Å². The van der Waals surface area contributed by atoms with Crippen LogP contribution in [0.1, 0.15) is 11.4 Å². The fourth-order valence-electron chi connectivity index (χ4n) is 2.20. The first kappa shape index (κ1) is 10.8. The van der Waals surface area contributed by atoms with Gasteiger partial charge in [0.15, 0.2) is 0 Å². The average molecular weight is 238 g/mol. The molecule has 0 atom stereocenters. The minimum Gasteiger partial charge on any atom is -0.508 e. The third-order valence-electron chi connectivity index (χ3n) is 3.11. The number of benzene rings is 2. The highest BCUT2D eigenvalue weighted by molar-refractivity contribution is 5.77. The zero-order chi connectivity index (χ0) is 12.5. The van der Waals surface area contributed by atoms with Gasteiger partial charge in [-0.25, -0.2) is 4.98 Å². The standard InChI is InChI=1S/C15H14N2O/c1-11-16-14-8-7-13(18)9-15(14)17(11)10-12-5-3-2-4-6-12/h2-9,18H,10H2,1H3. The van der Waals surface area contributed by atoms with Crippen molar-refractivity contribution in [2.24, 2.45) is 0 Å². The number of hydrogen-bond acceptors (Lipinski definition) is 2. The Kier molecular flexibility index (Phi) is 2.52. The number of phenolic OH excluding ortho intramolecular Hbond substituents is 1. The Labute approximate surface area is 105 Å². The van der Waals surface area contributed by atoms with E-state index >= 15 is 0 Å². The maximum atomic E-state index is 9.59. The van der Waals surface area contributed by atoms with E-state index in [2.05, 4.69) is 21.7 Å². The van der Waals surface area contributed by atoms with Crippen LogP contribution in [0.3, 0.4) is 0 Å². The number of aryl methyl sites for hydroxylation is 1. The molecule has 3 nitrogen and oxygen atoms in total. The van der Waals surface area contributed by atoms with E-state index in [1.54, 1.807) is 12.1 Å². The van der Waals surface area contributed by atoms with Crippen molar-refractivity contribution in [1.82, 2.24) is 9.55 Å². The van der Waals surface area contributed by atoms with E-state index in [0.717, 1.165) is 23.4 Å². The molecule has 3 heteroatoms. The molecule has 0 bridgehead atoms. The Morgan fingerprint density at radius 3 is 2.67 bits per heavy atom. The zero-order valence-electron chi connectivity index (χ0n) is 10.2. The van der Waals surface area contributed by atoms with Crippen molar-refractivity contribution >= 4 is 11.0 Å². The molecule has 0 aliphatic heterocycles. The van der Waals surface area contributed by atoms with E-state index in [1.807, 2.05) is 31.2 Å². The number of nitrogens with zero attached hydrogens (tertiary/aromatic N) is 2. The lowest BCUT2D eigenvalue weighted by Crippen LogP contribution is -2.01. The molecular weight excluding hydrogens is 224 g/mol. The smallest absolute Gasteiger partial charge is 0.117 e. The molecule has 0 saturated carbocycles. The van der Waals surface area contributed by atoms with E-state index < -0.39 is 0 Å². The Bertz CT molecular complexity index is 686. The first-order valence-electron chi connectivity index (χ1n) is 5.94. The fourth-order valence-corrected chi connectivity index (χ4v) is 2.20. The first-order valence-corrected chi connectivity index (χ1v) is 5.94. The van der Waals surface area contributed by atoms with Gasteiger partial charge in [-0.3, -0.25) is 0 Å². The molecule has 3 aromatic rings. The maximum Gasteiger partial charge on any atom is 0.117 e. The zero-order valence-corrected chi connectivity index (χ0v) is 10.2. The van der Waals surface area contributed by atoms with Gasteiger partial charge in [0.1, 0.15) is 11.6 Å². The van der Waals surface area contributed by atoms with Crippen molar-refractivity contribution in [3.63, 3.8) is 0 Å². The third kappa shape index (κ3) is 1.84. The van der Waals surface area contributed by atoms with Gasteiger partial charge in [0.25, 0.3) is 0 Å². The molecule has 3 rings (SSSR count). The van der Waals surface area contributed by atoms with Gasteiger partial charge in [0.2, 0.25) is 0 Å². The summed E-state index contributed by atoms with van der Waals surface area (Å²) in [7, 11) is 0. The summed E-state index contributed by atoms with van der Waals surface area (Å²) in [5, 5.41) is 9.59. The fraction of sp³-hybridized carbons (Fsp3) is 0.133. The maximum absolute atomic E-state index is 9.59. The predicted octanol–water partition coefficient (Wildman–Crippen LogP) is 3.10. The van der Waals surface area contributed by atoms with E-state index in [1.165, 1.54) is 5.56 Å². The van der Waals surface area contributed by atoms with Crippen LogP contribution in [0.25, 0.3) is 11.0 Å². The van der Waals surface area contributed by atoms with Crippen molar-refractivity contribution in [2.75, 3.05) is 0 Å². The second kappa shape index (κ2) is 4.18. The first-order chi connectivity index (χ1) is 8.74. The Morgan fingerprint density at radius 2 is 1.89 bits per heavy atom. The molecule has 0 aliphatic carbocycles. The van der Waals surface area contributed by atoms with Crippen molar-refractivity contribution in [1.29, 1.82) is 0 Å². The van der Waals surface area contributed by atoms with Crippen LogP contribution in [0.15, 0.2) is 48.5 Å². The highest BCUT2D eigenvalue weighted by Crippen LogP contribution is 2.22. The van der Waals surface area contributed by atoms with Gasteiger partial charge in [-0.2, -0.15) is 0 Å². The molecule has 1 N–H and O–H groups in total. The molecule has 18 heavy (non-hydrogen) atoms.